The third-order valence-electron chi connectivity index (χ3n) is 4.76. The van der Waals surface area contributed by atoms with Crippen molar-refractivity contribution in [2.75, 3.05) is 13.1 Å². The van der Waals surface area contributed by atoms with E-state index in [0.29, 0.717) is 13.1 Å². The van der Waals surface area contributed by atoms with Gasteiger partial charge >= 0.3 is 0 Å². The van der Waals surface area contributed by atoms with Crippen LogP contribution in [-0.2, 0) is 11.3 Å². The van der Waals surface area contributed by atoms with Gasteiger partial charge < -0.3 is 15.0 Å². The normalized spacial score (nSPS) is 17.5. The van der Waals surface area contributed by atoms with Crippen LogP contribution in [0.1, 0.15) is 50.4 Å². The molecule has 1 atom stereocenters. The van der Waals surface area contributed by atoms with Crippen LogP contribution < -0.4 is 5.43 Å². The number of hydrogen-bond donors (Lipinski definition) is 2. The molecule has 0 spiro atoms. The van der Waals surface area contributed by atoms with Gasteiger partial charge in [0, 0.05) is 13.1 Å². The SMILES string of the molecule is CC.CC.Cc1ccc(C2C=C3C(=O)N(Cc4ccc(O)cc4)CCN3N2)cc1. The Morgan fingerprint density at radius 1 is 0.966 bits per heavy atom. The van der Waals surface area contributed by atoms with Gasteiger partial charge in [-0.1, -0.05) is 69.7 Å². The zero-order valence-corrected chi connectivity index (χ0v) is 18.1. The van der Waals surface area contributed by atoms with Gasteiger partial charge in [0.2, 0.25) is 0 Å². The number of benzene rings is 2. The van der Waals surface area contributed by atoms with E-state index >= 15 is 0 Å². The first-order valence-electron chi connectivity index (χ1n) is 10.5. The van der Waals surface area contributed by atoms with E-state index in [0.717, 1.165) is 23.4 Å². The highest BCUT2D eigenvalue weighted by Crippen LogP contribution is 2.28. The molecule has 2 heterocycles. The summed E-state index contributed by atoms with van der Waals surface area (Å²) >= 11 is 0. The fourth-order valence-electron chi connectivity index (χ4n) is 3.30. The van der Waals surface area contributed by atoms with Gasteiger partial charge in [-0.2, -0.15) is 0 Å². The highest BCUT2D eigenvalue weighted by atomic mass is 16.3. The van der Waals surface area contributed by atoms with Gasteiger partial charge in [-0.05, 0) is 36.3 Å². The standard InChI is InChI=1S/C20H21N3O2.2C2H6/c1-14-2-6-16(7-3-14)18-12-19-20(25)22(10-11-23(19)21-18)13-15-4-8-17(24)9-5-15;2*1-2/h2-9,12,18,21,24H,10-11,13H2,1H3;2*1-2H3. The molecule has 4 rings (SSSR count). The van der Waals surface area contributed by atoms with Crippen molar-refractivity contribution in [1.82, 2.24) is 15.3 Å². The molecular weight excluding hydrogens is 362 g/mol. The molecular formula is C24H33N3O2. The summed E-state index contributed by atoms with van der Waals surface area (Å²) in [5, 5.41) is 11.3. The number of nitrogens with zero attached hydrogens (tertiary/aromatic N) is 2. The highest BCUT2D eigenvalue weighted by Gasteiger charge is 2.35. The Balaban J connectivity index is 0.000000707. The number of aromatic hydroxyl groups is 1. The predicted molar refractivity (Wildman–Crippen MR) is 118 cm³/mol. The number of nitrogens with one attached hydrogen (secondary N) is 1. The van der Waals surface area contributed by atoms with E-state index in [-0.39, 0.29) is 17.7 Å². The summed E-state index contributed by atoms with van der Waals surface area (Å²) in [6.45, 7) is 12.1. The molecule has 2 aliphatic heterocycles. The van der Waals surface area contributed by atoms with Crippen molar-refractivity contribution >= 4 is 5.91 Å². The van der Waals surface area contributed by atoms with E-state index in [1.165, 1.54) is 5.56 Å². The molecule has 29 heavy (non-hydrogen) atoms. The molecule has 2 aliphatic rings. The summed E-state index contributed by atoms with van der Waals surface area (Å²) in [6, 6.07) is 15.4. The number of amides is 1. The van der Waals surface area contributed by atoms with Crippen molar-refractivity contribution < 1.29 is 9.90 Å². The number of rotatable bonds is 3. The van der Waals surface area contributed by atoms with E-state index in [4.69, 9.17) is 0 Å². The molecule has 1 amide bonds. The third kappa shape index (κ3) is 5.39. The molecule has 0 bridgehead atoms. The minimum Gasteiger partial charge on any atom is -0.508 e. The fourth-order valence-corrected chi connectivity index (χ4v) is 3.30. The van der Waals surface area contributed by atoms with Crippen LogP contribution >= 0.6 is 0 Å². The Morgan fingerprint density at radius 3 is 2.21 bits per heavy atom. The average Bonchev–Trinajstić information content (AvgIpc) is 3.20. The van der Waals surface area contributed by atoms with E-state index in [9.17, 15) is 9.90 Å². The number of phenolic OH excluding ortho intramolecular Hbond substituents is 1. The molecule has 2 aromatic carbocycles. The lowest BCUT2D eigenvalue weighted by molar-refractivity contribution is -0.132. The minimum atomic E-state index is 0.0353. The number of aryl methyl sites for hydroxylation is 1. The Hall–Kier alpha value is -2.79. The number of carbonyl (C=O) groups excluding carboxylic acids is 1. The van der Waals surface area contributed by atoms with Crippen LogP contribution in [0.15, 0.2) is 60.3 Å². The first-order chi connectivity index (χ1) is 14.1. The first-order valence-corrected chi connectivity index (χ1v) is 10.5. The van der Waals surface area contributed by atoms with E-state index in [1.54, 1.807) is 12.1 Å². The molecule has 0 aliphatic carbocycles. The van der Waals surface area contributed by atoms with Gasteiger partial charge in [-0.15, -0.1) is 0 Å². The number of phenols is 1. The van der Waals surface area contributed by atoms with Crippen molar-refractivity contribution in [1.29, 1.82) is 0 Å². The van der Waals surface area contributed by atoms with Gasteiger partial charge in [0.05, 0.1) is 12.6 Å². The van der Waals surface area contributed by atoms with Crippen molar-refractivity contribution in [2.45, 2.75) is 47.2 Å². The maximum Gasteiger partial charge on any atom is 0.271 e. The van der Waals surface area contributed by atoms with Crippen LogP contribution in [-0.4, -0.2) is 34.0 Å². The zero-order chi connectivity index (χ0) is 21.4. The Bertz CT molecular complexity index is 813. The van der Waals surface area contributed by atoms with Crippen LogP contribution in [0.5, 0.6) is 5.75 Å². The number of hydrazine groups is 1. The lowest BCUT2D eigenvalue weighted by Gasteiger charge is -2.35. The average molecular weight is 396 g/mol. The van der Waals surface area contributed by atoms with Gasteiger partial charge in [-0.25, -0.2) is 5.43 Å². The van der Waals surface area contributed by atoms with Crippen molar-refractivity contribution in [3.63, 3.8) is 0 Å². The predicted octanol–water partition coefficient (Wildman–Crippen LogP) is 4.54. The summed E-state index contributed by atoms with van der Waals surface area (Å²) in [7, 11) is 0. The van der Waals surface area contributed by atoms with Crippen LogP contribution in [0.4, 0.5) is 0 Å². The van der Waals surface area contributed by atoms with Crippen LogP contribution in [0.25, 0.3) is 0 Å². The van der Waals surface area contributed by atoms with Crippen LogP contribution in [0.2, 0.25) is 0 Å². The molecule has 2 aromatic rings. The number of piperazine rings is 1. The summed E-state index contributed by atoms with van der Waals surface area (Å²) < 4.78 is 0. The second kappa shape index (κ2) is 10.7. The summed E-state index contributed by atoms with van der Waals surface area (Å²) in [4.78, 5) is 14.7. The van der Waals surface area contributed by atoms with Crippen molar-refractivity contribution in [3.05, 3.63) is 77.0 Å². The number of carbonyl (C=O) groups is 1. The quantitative estimate of drug-likeness (QED) is 0.801. The van der Waals surface area contributed by atoms with Gasteiger partial charge in [0.25, 0.3) is 5.91 Å². The minimum absolute atomic E-state index is 0.0353. The third-order valence-corrected chi connectivity index (χ3v) is 4.76. The zero-order valence-electron chi connectivity index (χ0n) is 18.1. The maximum atomic E-state index is 12.8. The fraction of sp³-hybridized carbons (Fsp3) is 0.375. The number of fused-ring (bicyclic) bond motifs is 1. The molecule has 0 aromatic heterocycles. The Kier molecular flexibility index (Phi) is 8.28. The Labute approximate surface area is 174 Å². The van der Waals surface area contributed by atoms with Crippen LogP contribution in [0.3, 0.4) is 0 Å². The lowest BCUT2D eigenvalue weighted by Crippen LogP contribution is -2.50. The maximum absolute atomic E-state index is 12.8. The van der Waals surface area contributed by atoms with E-state index < -0.39 is 0 Å². The molecule has 5 heteroatoms. The lowest BCUT2D eigenvalue weighted by atomic mass is 10.1. The largest absolute Gasteiger partial charge is 0.508 e. The molecule has 1 saturated heterocycles. The molecule has 5 nitrogen and oxygen atoms in total. The van der Waals surface area contributed by atoms with Crippen LogP contribution in [0, 0.1) is 6.92 Å². The van der Waals surface area contributed by atoms with Gasteiger partial charge in [-0.3, -0.25) is 4.79 Å². The van der Waals surface area contributed by atoms with Crippen molar-refractivity contribution in [3.8, 4) is 5.75 Å². The Morgan fingerprint density at radius 2 is 1.59 bits per heavy atom. The monoisotopic (exact) mass is 395 g/mol. The molecule has 0 saturated carbocycles. The highest BCUT2D eigenvalue weighted by molar-refractivity contribution is 5.94. The van der Waals surface area contributed by atoms with E-state index in [1.807, 2.05) is 55.8 Å². The number of hydrogen-bond acceptors (Lipinski definition) is 4. The van der Waals surface area contributed by atoms with Crippen molar-refractivity contribution in [2.24, 2.45) is 0 Å². The molecule has 156 valence electrons. The van der Waals surface area contributed by atoms with Gasteiger partial charge in [0.15, 0.2) is 0 Å². The summed E-state index contributed by atoms with van der Waals surface area (Å²) in [5.74, 6) is 0.282. The molecule has 1 fully saturated rings. The first kappa shape index (κ1) is 22.5. The second-order valence-electron chi connectivity index (χ2n) is 6.61. The van der Waals surface area contributed by atoms with Gasteiger partial charge in [0.1, 0.15) is 11.4 Å². The summed E-state index contributed by atoms with van der Waals surface area (Å²) in [5.41, 5.74) is 7.53. The smallest absolute Gasteiger partial charge is 0.271 e. The van der Waals surface area contributed by atoms with E-state index in [2.05, 4.69) is 36.6 Å². The molecule has 1 unspecified atom stereocenters. The summed E-state index contributed by atoms with van der Waals surface area (Å²) in [6.07, 6.45) is 2.01. The molecule has 0 radical (unpaired) electrons. The topological polar surface area (TPSA) is 55.8 Å². The molecule has 2 N–H and O–H groups in total. The second-order valence-corrected chi connectivity index (χ2v) is 6.61.